The summed E-state index contributed by atoms with van der Waals surface area (Å²) in [4.78, 5) is 13.5. The maximum atomic E-state index is 11.6. The molecule has 0 saturated carbocycles. The summed E-state index contributed by atoms with van der Waals surface area (Å²) < 4.78 is 0. The lowest BCUT2D eigenvalue weighted by atomic mass is 9.89. The number of likely N-dealkylation sites (tertiary alicyclic amines) is 1. The van der Waals surface area contributed by atoms with E-state index in [9.17, 15) is 4.79 Å². The molecular weight excluding hydrogens is 164 g/mol. The van der Waals surface area contributed by atoms with Crippen LogP contribution in [0.5, 0.6) is 0 Å². The van der Waals surface area contributed by atoms with E-state index in [2.05, 4.69) is 5.32 Å². The lowest BCUT2D eigenvalue weighted by Crippen LogP contribution is -2.50. The van der Waals surface area contributed by atoms with E-state index in [4.69, 9.17) is 0 Å². The van der Waals surface area contributed by atoms with Gasteiger partial charge in [0.1, 0.15) is 0 Å². The molecule has 2 saturated heterocycles. The van der Waals surface area contributed by atoms with E-state index in [0.717, 1.165) is 31.8 Å². The summed E-state index contributed by atoms with van der Waals surface area (Å²) in [6.07, 6.45) is 4.32. The Morgan fingerprint density at radius 3 is 3.15 bits per heavy atom. The van der Waals surface area contributed by atoms with Crippen LogP contribution < -0.4 is 5.32 Å². The SMILES string of the molecule is CN1C(=O)CCCC2CCNCC21. The normalized spacial score (nSPS) is 35.5. The molecular formula is C10H18N2O. The van der Waals surface area contributed by atoms with E-state index >= 15 is 0 Å². The van der Waals surface area contributed by atoms with Gasteiger partial charge in [-0.25, -0.2) is 0 Å². The summed E-state index contributed by atoms with van der Waals surface area (Å²) >= 11 is 0. The number of hydrogen-bond acceptors (Lipinski definition) is 2. The highest BCUT2D eigenvalue weighted by Crippen LogP contribution is 2.26. The number of nitrogens with one attached hydrogen (secondary N) is 1. The Balaban J connectivity index is 2.11. The van der Waals surface area contributed by atoms with Crippen molar-refractivity contribution in [3.05, 3.63) is 0 Å². The highest BCUT2D eigenvalue weighted by Gasteiger charge is 2.32. The number of hydrogen-bond donors (Lipinski definition) is 1. The van der Waals surface area contributed by atoms with E-state index < -0.39 is 0 Å². The first-order chi connectivity index (χ1) is 6.29. The van der Waals surface area contributed by atoms with Gasteiger partial charge in [0, 0.05) is 26.1 Å². The molecule has 1 N–H and O–H groups in total. The largest absolute Gasteiger partial charge is 0.341 e. The number of amides is 1. The van der Waals surface area contributed by atoms with Crippen LogP contribution in [0.1, 0.15) is 25.7 Å². The number of likely N-dealkylation sites (N-methyl/N-ethyl adjacent to an activating group) is 1. The van der Waals surface area contributed by atoms with Gasteiger partial charge in [-0.1, -0.05) is 0 Å². The van der Waals surface area contributed by atoms with Crippen molar-refractivity contribution < 1.29 is 4.79 Å². The molecule has 0 bridgehead atoms. The number of rotatable bonds is 0. The Hall–Kier alpha value is -0.570. The molecule has 2 aliphatic rings. The van der Waals surface area contributed by atoms with Gasteiger partial charge >= 0.3 is 0 Å². The molecule has 0 aromatic heterocycles. The second-order valence-corrected chi connectivity index (χ2v) is 4.22. The molecule has 2 rings (SSSR count). The van der Waals surface area contributed by atoms with Crippen LogP contribution in [0.4, 0.5) is 0 Å². The van der Waals surface area contributed by atoms with E-state index in [1.807, 2.05) is 11.9 Å². The van der Waals surface area contributed by atoms with Gasteiger partial charge in [0.2, 0.25) is 5.91 Å². The second-order valence-electron chi connectivity index (χ2n) is 4.22. The number of carbonyl (C=O) groups excluding carboxylic acids is 1. The zero-order valence-electron chi connectivity index (χ0n) is 8.25. The Morgan fingerprint density at radius 2 is 2.31 bits per heavy atom. The van der Waals surface area contributed by atoms with E-state index in [0.29, 0.717) is 11.9 Å². The summed E-state index contributed by atoms with van der Waals surface area (Å²) in [5.74, 6) is 1.08. The third kappa shape index (κ3) is 1.70. The Kier molecular flexibility index (Phi) is 2.54. The average molecular weight is 182 g/mol. The summed E-state index contributed by atoms with van der Waals surface area (Å²) in [5.41, 5.74) is 0. The van der Waals surface area contributed by atoms with Crippen molar-refractivity contribution in [1.82, 2.24) is 10.2 Å². The Morgan fingerprint density at radius 1 is 1.46 bits per heavy atom. The van der Waals surface area contributed by atoms with Crippen molar-refractivity contribution in [2.75, 3.05) is 20.1 Å². The molecule has 2 heterocycles. The van der Waals surface area contributed by atoms with Crippen molar-refractivity contribution >= 4 is 5.91 Å². The fourth-order valence-corrected chi connectivity index (χ4v) is 2.56. The van der Waals surface area contributed by atoms with Crippen LogP contribution in [0.15, 0.2) is 0 Å². The summed E-state index contributed by atoms with van der Waals surface area (Å²) in [6.45, 7) is 2.12. The molecule has 2 aliphatic heterocycles. The van der Waals surface area contributed by atoms with Crippen molar-refractivity contribution in [2.45, 2.75) is 31.7 Å². The number of nitrogens with zero attached hydrogens (tertiary/aromatic N) is 1. The monoisotopic (exact) mass is 182 g/mol. The second kappa shape index (κ2) is 3.66. The predicted octanol–water partition coefficient (Wildman–Crippen LogP) is 0.607. The Bertz CT molecular complexity index is 205. The van der Waals surface area contributed by atoms with E-state index in [1.165, 1.54) is 12.8 Å². The minimum absolute atomic E-state index is 0.330. The molecule has 2 atom stereocenters. The van der Waals surface area contributed by atoms with Crippen LogP contribution in [-0.4, -0.2) is 37.0 Å². The smallest absolute Gasteiger partial charge is 0.222 e. The molecule has 3 nitrogen and oxygen atoms in total. The molecule has 0 spiro atoms. The lowest BCUT2D eigenvalue weighted by Gasteiger charge is -2.36. The molecule has 13 heavy (non-hydrogen) atoms. The van der Waals surface area contributed by atoms with Gasteiger partial charge in [-0.2, -0.15) is 0 Å². The maximum absolute atomic E-state index is 11.6. The molecule has 0 aliphatic carbocycles. The minimum atomic E-state index is 0.330. The first kappa shape index (κ1) is 9.00. The molecule has 2 fully saturated rings. The maximum Gasteiger partial charge on any atom is 0.222 e. The van der Waals surface area contributed by atoms with Crippen molar-refractivity contribution in [2.24, 2.45) is 5.92 Å². The lowest BCUT2D eigenvalue weighted by molar-refractivity contribution is -0.132. The first-order valence-corrected chi connectivity index (χ1v) is 5.25. The van der Waals surface area contributed by atoms with Crippen LogP contribution in [-0.2, 0) is 4.79 Å². The van der Waals surface area contributed by atoms with Crippen molar-refractivity contribution in [3.63, 3.8) is 0 Å². The molecule has 1 amide bonds. The zero-order chi connectivity index (χ0) is 9.26. The third-order valence-electron chi connectivity index (χ3n) is 3.45. The molecule has 74 valence electrons. The zero-order valence-corrected chi connectivity index (χ0v) is 8.25. The molecule has 2 unspecified atom stereocenters. The topological polar surface area (TPSA) is 32.3 Å². The fourth-order valence-electron chi connectivity index (χ4n) is 2.56. The van der Waals surface area contributed by atoms with Crippen LogP contribution in [0.25, 0.3) is 0 Å². The van der Waals surface area contributed by atoms with Gasteiger partial charge in [0.25, 0.3) is 0 Å². The quantitative estimate of drug-likeness (QED) is 0.595. The number of piperidine rings is 1. The van der Waals surface area contributed by atoms with Crippen LogP contribution in [0.3, 0.4) is 0 Å². The van der Waals surface area contributed by atoms with Crippen LogP contribution in [0, 0.1) is 5.92 Å². The fraction of sp³-hybridized carbons (Fsp3) is 0.900. The van der Waals surface area contributed by atoms with Crippen molar-refractivity contribution in [1.29, 1.82) is 0 Å². The molecule has 3 heteroatoms. The van der Waals surface area contributed by atoms with Gasteiger partial charge in [-0.15, -0.1) is 0 Å². The third-order valence-corrected chi connectivity index (χ3v) is 3.45. The van der Waals surface area contributed by atoms with Gasteiger partial charge < -0.3 is 10.2 Å². The van der Waals surface area contributed by atoms with Gasteiger partial charge in [-0.05, 0) is 31.7 Å². The van der Waals surface area contributed by atoms with Gasteiger partial charge in [-0.3, -0.25) is 4.79 Å². The van der Waals surface area contributed by atoms with Crippen molar-refractivity contribution in [3.8, 4) is 0 Å². The summed E-state index contributed by atoms with van der Waals surface area (Å²) in [5, 5.41) is 3.37. The molecule has 0 radical (unpaired) electrons. The number of carbonyl (C=O) groups is 1. The minimum Gasteiger partial charge on any atom is -0.341 e. The Labute approximate surface area is 79.5 Å². The molecule has 0 aromatic carbocycles. The van der Waals surface area contributed by atoms with E-state index in [1.54, 1.807) is 0 Å². The van der Waals surface area contributed by atoms with Gasteiger partial charge in [0.05, 0.1) is 0 Å². The first-order valence-electron chi connectivity index (χ1n) is 5.25. The predicted molar refractivity (Wildman–Crippen MR) is 51.4 cm³/mol. The van der Waals surface area contributed by atoms with E-state index in [-0.39, 0.29) is 0 Å². The summed E-state index contributed by atoms with van der Waals surface area (Å²) in [7, 11) is 1.96. The highest BCUT2D eigenvalue weighted by atomic mass is 16.2. The number of fused-ring (bicyclic) bond motifs is 1. The van der Waals surface area contributed by atoms with Gasteiger partial charge in [0.15, 0.2) is 0 Å². The summed E-state index contributed by atoms with van der Waals surface area (Å²) in [6, 6.07) is 0.462. The van der Waals surface area contributed by atoms with Crippen LogP contribution in [0.2, 0.25) is 0 Å². The average Bonchev–Trinajstić information content (AvgIpc) is 2.29. The molecule has 0 aromatic rings. The standard InChI is InChI=1S/C10H18N2O/c1-12-9-7-11-6-5-8(9)3-2-4-10(12)13/h8-9,11H,2-7H2,1H3. The van der Waals surface area contributed by atoms with Crippen LogP contribution >= 0.6 is 0 Å². The highest BCUT2D eigenvalue weighted by molar-refractivity contribution is 5.76.